The lowest BCUT2D eigenvalue weighted by molar-refractivity contribution is 0.0761. The second-order valence-electron chi connectivity index (χ2n) is 5.51. The van der Waals surface area contributed by atoms with Gasteiger partial charge in [-0.1, -0.05) is 24.7 Å². The largest absolute Gasteiger partial charge is 0.395 e. The van der Waals surface area contributed by atoms with Crippen molar-refractivity contribution in [3.63, 3.8) is 0 Å². The number of hydrogen-bond acceptors (Lipinski definition) is 2. The highest BCUT2D eigenvalue weighted by Gasteiger charge is 2.17. The summed E-state index contributed by atoms with van der Waals surface area (Å²) in [5, 5.41) is 8.74. The molecule has 21 heavy (non-hydrogen) atoms. The molecule has 0 radical (unpaired) electrons. The number of likely N-dealkylation sites (tertiary alicyclic amines) is 1. The molecule has 0 atom stereocenters. The Morgan fingerprint density at radius 2 is 1.95 bits per heavy atom. The normalized spacial score (nSPS) is 15.0. The predicted octanol–water partition coefficient (Wildman–Crippen LogP) is 2.75. The zero-order valence-electron chi connectivity index (χ0n) is 12.7. The van der Waals surface area contributed by atoms with Gasteiger partial charge in [-0.15, -0.1) is 0 Å². The monoisotopic (exact) mass is 285 g/mol. The molecule has 112 valence electrons. The highest BCUT2D eigenvalue weighted by atomic mass is 16.2. The quantitative estimate of drug-likeness (QED) is 0.849. The summed E-state index contributed by atoms with van der Waals surface area (Å²) in [5.41, 5.74) is 2.69. The molecule has 0 spiro atoms. The van der Waals surface area contributed by atoms with Crippen molar-refractivity contribution in [2.75, 3.05) is 19.7 Å². The third kappa shape index (κ3) is 4.34. The van der Waals surface area contributed by atoms with Crippen LogP contribution in [0.25, 0.3) is 0 Å². The highest BCUT2D eigenvalue weighted by molar-refractivity contribution is 5.94. The Morgan fingerprint density at radius 3 is 2.57 bits per heavy atom. The van der Waals surface area contributed by atoms with Crippen molar-refractivity contribution in [1.29, 1.82) is 0 Å². The summed E-state index contributed by atoms with van der Waals surface area (Å²) in [4.78, 5) is 14.5. The molecule has 0 aliphatic carbocycles. The number of carbonyl (C=O) groups excluding carboxylic acids is 1. The van der Waals surface area contributed by atoms with Gasteiger partial charge < -0.3 is 10.0 Å². The SMILES string of the molecule is Cc1cc(C(=O)N2CCCCCC2)ccc1C#CCCO. The minimum atomic E-state index is 0.0809. The molecular weight excluding hydrogens is 262 g/mol. The summed E-state index contributed by atoms with van der Waals surface area (Å²) in [6.45, 7) is 3.80. The van der Waals surface area contributed by atoms with Gasteiger partial charge in [0.25, 0.3) is 5.91 Å². The fourth-order valence-electron chi connectivity index (χ4n) is 2.61. The molecule has 2 rings (SSSR count). The van der Waals surface area contributed by atoms with Crippen molar-refractivity contribution in [2.24, 2.45) is 0 Å². The maximum Gasteiger partial charge on any atom is 0.253 e. The summed E-state index contributed by atoms with van der Waals surface area (Å²) in [5.74, 6) is 6.09. The third-order valence-corrected chi connectivity index (χ3v) is 3.83. The van der Waals surface area contributed by atoms with Gasteiger partial charge in [-0.2, -0.15) is 0 Å². The first-order chi connectivity index (χ1) is 10.2. The van der Waals surface area contributed by atoms with E-state index in [1.54, 1.807) is 0 Å². The number of aryl methyl sites for hydroxylation is 1. The molecule has 1 N–H and O–H groups in total. The van der Waals surface area contributed by atoms with Gasteiger partial charge in [0.1, 0.15) is 0 Å². The molecular formula is C18H23NO2. The Balaban J connectivity index is 2.12. The minimum absolute atomic E-state index is 0.0809. The van der Waals surface area contributed by atoms with Crippen LogP contribution in [0.5, 0.6) is 0 Å². The molecule has 1 aromatic carbocycles. The van der Waals surface area contributed by atoms with Crippen LogP contribution in [-0.4, -0.2) is 35.6 Å². The summed E-state index contributed by atoms with van der Waals surface area (Å²) < 4.78 is 0. The Labute approximate surface area is 127 Å². The van der Waals surface area contributed by atoms with E-state index in [0.29, 0.717) is 6.42 Å². The van der Waals surface area contributed by atoms with E-state index >= 15 is 0 Å². The molecule has 3 heteroatoms. The highest BCUT2D eigenvalue weighted by Crippen LogP contribution is 2.16. The average molecular weight is 285 g/mol. The Kier molecular flexibility index (Phi) is 5.83. The minimum Gasteiger partial charge on any atom is -0.395 e. The van der Waals surface area contributed by atoms with Crippen LogP contribution >= 0.6 is 0 Å². The van der Waals surface area contributed by atoms with Gasteiger partial charge in [0, 0.05) is 30.6 Å². The fraction of sp³-hybridized carbons (Fsp3) is 0.500. The van der Waals surface area contributed by atoms with Gasteiger partial charge in [0.15, 0.2) is 0 Å². The van der Waals surface area contributed by atoms with E-state index < -0.39 is 0 Å². The number of nitrogens with zero attached hydrogens (tertiary/aromatic N) is 1. The lowest BCUT2D eigenvalue weighted by atomic mass is 10.0. The van der Waals surface area contributed by atoms with Crippen molar-refractivity contribution in [2.45, 2.75) is 39.0 Å². The lowest BCUT2D eigenvalue weighted by Gasteiger charge is -2.20. The number of aliphatic hydroxyl groups is 1. The van der Waals surface area contributed by atoms with Crippen LogP contribution in [0.3, 0.4) is 0 Å². The molecule has 1 amide bonds. The van der Waals surface area contributed by atoms with E-state index in [9.17, 15) is 4.79 Å². The van der Waals surface area contributed by atoms with Crippen molar-refractivity contribution < 1.29 is 9.90 Å². The fourth-order valence-corrected chi connectivity index (χ4v) is 2.61. The van der Waals surface area contributed by atoms with Crippen molar-refractivity contribution in [3.05, 3.63) is 34.9 Å². The van der Waals surface area contributed by atoms with E-state index in [4.69, 9.17) is 5.11 Å². The zero-order chi connectivity index (χ0) is 15.1. The Hall–Kier alpha value is -1.79. The van der Waals surface area contributed by atoms with Crippen LogP contribution in [0.4, 0.5) is 0 Å². The summed E-state index contributed by atoms with van der Waals surface area (Å²) in [6, 6.07) is 5.70. The first-order valence-corrected chi connectivity index (χ1v) is 7.72. The number of aliphatic hydroxyl groups excluding tert-OH is 1. The van der Waals surface area contributed by atoms with Crippen LogP contribution in [0.1, 0.15) is 53.6 Å². The number of rotatable bonds is 2. The summed E-state index contributed by atoms with van der Waals surface area (Å²) in [7, 11) is 0. The number of carbonyl (C=O) groups is 1. The van der Waals surface area contributed by atoms with Crippen molar-refractivity contribution in [3.8, 4) is 11.8 Å². The first-order valence-electron chi connectivity index (χ1n) is 7.72. The molecule has 1 aliphatic rings. The molecule has 0 bridgehead atoms. The van der Waals surface area contributed by atoms with Gasteiger partial charge in [-0.3, -0.25) is 4.79 Å². The third-order valence-electron chi connectivity index (χ3n) is 3.83. The average Bonchev–Trinajstić information content (AvgIpc) is 2.77. The number of hydrogen-bond donors (Lipinski definition) is 1. The zero-order valence-corrected chi connectivity index (χ0v) is 12.7. The van der Waals surface area contributed by atoms with Gasteiger partial charge >= 0.3 is 0 Å². The van der Waals surface area contributed by atoms with E-state index in [1.165, 1.54) is 12.8 Å². The molecule has 0 aromatic heterocycles. The van der Waals surface area contributed by atoms with Gasteiger partial charge in [-0.05, 0) is 43.5 Å². The van der Waals surface area contributed by atoms with E-state index in [0.717, 1.165) is 42.6 Å². The van der Waals surface area contributed by atoms with E-state index in [1.807, 2.05) is 30.0 Å². The molecule has 0 saturated carbocycles. The van der Waals surface area contributed by atoms with Crippen LogP contribution in [-0.2, 0) is 0 Å². The van der Waals surface area contributed by atoms with E-state index in [2.05, 4.69) is 11.8 Å². The van der Waals surface area contributed by atoms with Crippen LogP contribution in [0.15, 0.2) is 18.2 Å². The molecule has 1 heterocycles. The Morgan fingerprint density at radius 1 is 1.24 bits per heavy atom. The predicted molar refractivity (Wildman–Crippen MR) is 84.1 cm³/mol. The lowest BCUT2D eigenvalue weighted by Crippen LogP contribution is -2.31. The summed E-state index contributed by atoms with van der Waals surface area (Å²) >= 11 is 0. The molecule has 1 aromatic rings. The van der Waals surface area contributed by atoms with Crippen molar-refractivity contribution >= 4 is 5.91 Å². The standard InChI is InChI=1S/C18H23NO2/c1-15-14-17(10-9-16(15)8-4-7-13-20)18(21)19-11-5-2-3-6-12-19/h9-10,14,20H,2-3,5-7,11-13H2,1H3. The summed E-state index contributed by atoms with van der Waals surface area (Å²) in [6.07, 6.45) is 5.14. The second-order valence-corrected chi connectivity index (χ2v) is 5.51. The first kappa shape index (κ1) is 15.6. The van der Waals surface area contributed by atoms with Gasteiger partial charge in [0.05, 0.1) is 6.61 Å². The van der Waals surface area contributed by atoms with Gasteiger partial charge in [0.2, 0.25) is 0 Å². The van der Waals surface area contributed by atoms with Crippen LogP contribution in [0, 0.1) is 18.8 Å². The van der Waals surface area contributed by atoms with Crippen molar-refractivity contribution in [1.82, 2.24) is 4.90 Å². The molecule has 1 aliphatic heterocycles. The Bertz CT molecular complexity index is 546. The van der Waals surface area contributed by atoms with Crippen LogP contribution in [0.2, 0.25) is 0 Å². The van der Waals surface area contributed by atoms with Gasteiger partial charge in [-0.25, -0.2) is 0 Å². The van der Waals surface area contributed by atoms with E-state index in [-0.39, 0.29) is 12.5 Å². The smallest absolute Gasteiger partial charge is 0.253 e. The molecule has 1 saturated heterocycles. The molecule has 3 nitrogen and oxygen atoms in total. The topological polar surface area (TPSA) is 40.5 Å². The molecule has 0 unspecified atom stereocenters. The maximum absolute atomic E-state index is 12.5. The number of benzene rings is 1. The van der Waals surface area contributed by atoms with Crippen LogP contribution < -0.4 is 0 Å². The molecule has 1 fully saturated rings. The number of amides is 1. The second kappa shape index (κ2) is 7.85. The maximum atomic E-state index is 12.5.